The van der Waals surface area contributed by atoms with Gasteiger partial charge in [0.15, 0.2) is 0 Å². The smallest absolute Gasteiger partial charge is 0.255 e. The van der Waals surface area contributed by atoms with E-state index in [0.717, 1.165) is 13.1 Å². The minimum atomic E-state index is 0.0163. The molecule has 0 unspecified atom stereocenters. The van der Waals surface area contributed by atoms with Crippen LogP contribution in [0.1, 0.15) is 30.6 Å². The molecule has 1 fully saturated rings. The number of nitrogen functional groups attached to an aromatic ring is 1. The van der Waals surface area contributed by atoms with Gasteiger partial charge in [0.2, 0.25) is 0 Å². The third kappa shape index (κ3) is 2.78. The van der Waals surface area contributed by atoms with E-state index in [1.807, 2.05) is 4.90 Å². The summed E-state index contributed by atoms with van der Waals surface area (Å²) in [6, 6.07) is 5.05. The predicted octanol–water partition coefficient (Wildman–Crippen LogP) is 3.04. The molecular formula is C14H19ClN2O. The molecule has 1 amide bonds. The average Bonchev–Trinajstić information content (AvgIpc) is 2.26. The fourth-order valence-electron chi connectivity index (χ4n) is 2.73. The largest absolute Gasteiger partial charge is 0.398 e. The van der Waals surface area contributed by atoms with Crippen LogP contribution in [0.15, 0.2) is 18.2 Å². The first kappa shape index (κ1) is 13.2. The van der Waals surface area contributed by atoms with E-state index < -0.39 is 0 Å². The number of carbonyl (C=O) groups excluding carboxylic acids is 1. The van der Waals surface area contributed by atoms with Gasteiger partial charge in [-0.15, -0.1) is 0 Å². The Bertz CT molecular complexity index is 451. The van der Waals surface area contributed by atoms with Crippen LogP contribution < -0.4 is 5.73 Å². The summed E-state index contributed by atoms with van der Waals surface area (Å²) in [5, 5.41) is 0.560. The number of rotatable bonds is 1. The number of benzene rings is 1. The molecule has 2 rings (SSSR count). The number of piperidine rings is 1. The molecule has 0 aliphatic carbocycles. The van der Waals surface area contributed by atoms with E-state index in [-0.39, 0.29) is 5.91 Å². The number of carbonyl (C=O) groups is 1. The summed E-state index contributed by atoms with van der Waals surface area (Å²) in [6.07, 6.45) is 1.18. The Hall–Kier alpha value is -1.22. The van der Waals surface area contributed by atoms with Gasteiger partial charge in [0, 0.05) is 23.8 Å². The lowest BCUT2D eigenvalue weighted by Gasteiger charge is -2.35. The summed E-state index contributed by atoms with van der Waals surface area (Å²) in [5.41, 5.74) is 6.88. The highest BCUT2D eigenvalue weighted by Crippen LogP contribution is 2.25. The predicted molar refractivity (Wildman–Crippen MR) is 74.7 cm³/mol. The fourth-order valence-corrected chi connectivity index (χ4v) is 2.91. The first-order valence-corrected chi connectivity index (χ1v) is 6.69. The van der Waals surface area contributed by atoms with E-state index in [9.17, 15) is 4.79 Å². The lowest BCUT2D eigenvalue weighted by atomic mass is 9.91. The van der Waals surface area contributed by atoms with Crippen LogP contribution in [-0.2, 0) is 0 Å². The van der Waals surface area contributed by atoms with Crippen LogP contribution >= 0.6 is 11.6 Å². The summed E-state index contributed by atoms with van der Waals surface area (Å²) in [5.74, 6) is 1.11. The molecule has 2 atom stereocenters. The van der Waals surface area contributed by atoms with Crippen LogP contribution in [-0.4, -0.2) is 23.9 Å². The zero-order valence-electron chi connectivity index (χ0n) is 10.8. The Morgan fingerprint density at radius 3 is 2.50 bits per heavy atom. The monoisotopic (exact) mass is 266 g/mol. The van der Waals surface area contributed by atoms with Gasteiger partial charge in [-0.25, -0.2) is 0 Å². The van der Waals surface area contributed by atoms with Crippen molar-refractivity contribution in [3.63, 3.8) is 0 Å². The van der Waals surface area contributed by atoms with Crippen molar-refractivity contribution >= 4 is 23.2 Å². The molecule has 0 radical (unpaired) electrons. The number of hydrogen-bond acceptors (Lipinski definition) is 2. The highest BCUT2D eigenvalue weighted by Gasteiger charge is 2.26. The second-order valence-corrected chi connectivity index (χ2v) is 5.82. The molecule has 1 aromatic rings. The first-order chi connectivity index (χ1) is 8.47. The Kier molecular flexibility index (Phi) is 3.81. The van der Waals surface area contributed by atoms with Gasteiger partial charge in [-0.3, -0.25) is 4.79 Å². The van der Waals surface area contributed by atoms with E-state index in [1.165, 1.54) is 6.42 Å². The van der Waals surface area contributed by atoms with E-state index in [0.29, 0.717) is 28.1 Å². The fraction of sp³-hybridized carbons (Fsp3) is 0.500. The second kappa shape index (κ2) is 5.19. The summed E-state index contributed by atoms with van der Waals surface area (Å²) in [7, 11) is 0. The van der Waals surface area contributed by atoms with Crippen molar-refractivity contribution in [1.82, 2.24) is 4.90 Å². The lowest BCUT2D eigenvalue weighted by molar-refractivity contribution is 0.0624. The van der Waals surface area contributed by atoms with Gasteiger partial charge in [-0.2, -0.15) is 0 Å². The molecule has 98 valence electrons. The molecule has 1 aliphatic heterocycles. The number of nitrogens with zero attached hydrogens (tertiary/aromatic N) is 1. The molecule has 0 bridgehead atoms. The van der Waals surface area contributed by atoms with Crippen LogP contribution in [0, 0.1) is 11.8 Å². The van der Waals surface area contributed by atoms with Gasteiger partial charge >= 0.3 is 0 Å². The molecular weight excluding hydrogens is 248 g/mol. The molecule has 0 aromatic heterocycles. The molecule has 0 spiro atoms. The maximum absolute atomic E-state index is 12.4. The third-order valence-electron chi connectivity index (χ3n) is 3.40. The number of anilines is 1. The Balaban J connectivity index is 2.20. The van der Waals surface area contributed by atoms with Crippen molar-refractivity contribution in [2.24, 2.45) is 11.8 Å². The summed E-state index contributed by atoms with van der Waals surface area (Å²) < 4.78 is 0. The molecule has 1 aromatic carbocycles. The van der Waals surface area contributed by atoms with Crippen molar-refractivity contribution in [2.75, 3.05) is 18.8 Å². The van der Waals surface area contributed by atoms with Crippen LogP contribution in [0.5, 0.6) is 0 Å². The van der Waals surface area contributed by atoms with E-state index in [1.54, 1.807) is 18.2 Å². The van der Waals surface area contributed by atoms with Crippen molar-refractivity contribution in [3.05, 3.63) is 28.8 Å². The normalized spacial score (nSPS) is 24.1. The van der Waals surface area contributed by atoms with Crippen LogP contribution in [0.4, 0.5) is 5.69 Å². The number of amides is 1. The summed E-state index contributed by atoms with van der Waals surface area (Å²) >= 11 is 5.85. The molecule has 1 aliphatic rings. The van der Waals surface area contributed by atoms with Gasteiger partial charge in [-0.05, 0) is 36.5 Å². The van der Waals surface area contributed by atoms with Crippen molar-refractivity contribution < 1.29 is 4.79 Å². The Labute approximate surface area is 113 Å². The zero-order chi connectivity index (χ0) is 13.3. The van der Waals surface area contributed by atoms with Gasteiger partial charge in [0.25, 0.3) is 5.91 Å². The van der Waals surface area contributed by atoms with Crippen LogP contribution in [0.2, 0.25) is 5.02 Å². The minimum absolute atomic E-state index is 0.0163. The zero-order valence-corrected chi connectivity index (χ0v) is 11.6. The molecule has 1 heterocycles. The maximum Gasteiger partial charge on any atom is 0.255 e. The Morgan fingerprint density at radius 1 is 1.33 bits per heavy atom. The second-order valence-electron chi connectivity index (χ2n) is 5.39. The summed E-state index contributed by atoms with van der Waals surface area (Å²) in [4.78, 5) is 14.3. The summed E-state index contributed by atoms with van der Waals surface area (Å²) in [6.45, 7) is 5.98. The van der Waals surface area contributed by atoms with Crippen molar-refractivity contribution in [2.45, 2.75) is 20.3 Å². The number of nitrogens with two attached hydrogens (primary N) is 1. The van der Waals surface area contributed by atoms with Gasteiger partial charge in [0.05, 0.1) is 5.56 Å². The number of likely N-dealkylation sites (tertiary alicyclic amines) is 1. The molecule has 0 saturated carbocycles. The molecule has 18 heavy (non-hydrogen) atoms. The standard InChI is InChI=1S/C14H19ClN2O/c1-9-5-10(2)8-17(7-9)14(18)12-4-3-11(15)6-13(12)16/h3-4,6,9-10H,5,7-8,16H2,1-2H3/t9-,10+. The van der Waals surface area contributed by atoms with Gasteiger partial charge in [0.1, 0.15) is 0 Å². The topological polar surface area (TPSA) is 46.3 Å². The van der Waals surface area contributed by atoms with Crippen molar-refractivity contribution in [1.29, 1.82) is 0 Å². The van der Waals surface area contributed by atoms with Crippen LogP contribution in [0.3, 0.4) is 0 Å². The van der Waals surface area contributed by atoms with E-state index in [2.05, 4.69) is 13.8 Å². The molecule has 1 saturated heterocycles. The molecule has 2 N–H and O–H groups in total. The number of halogens is 1. The van der Waals surface area contributed by atoms with E-state index in [4.69, 9.17) is 17.3 Å². The third-order valence-corrected chi connectivity index (χ3v) is 3.64. The van der Waals surface area contributed by atoms with Crippen molar-refractivity contribution in [3.8, 4) is 0 Å². The highest BCUT2D eigenvalue weighted by atomic mass is 35.5. The van der Waals surface area contributed by atoms with Gasteiger partial charge < -0.3 is 10.6 Å². The average molecular weight is 267 g/mol. The quantitative estimate of drug-likeness (QED) is 0.794. The minimum Gasteiger partial charge on any atom is -0.398 e. The van der Waals surface area contributed by atoms with Crippen LogP contribution in [0.25, 0.3) is 0 Å². The Morgan fingerprint density at radius 2 is 1.94 bits per heavy atom. The lowest BCUT2D eigenvalue weighted by Crippen LogP contribution is -2.42. The molecule has 3 nitrogen and oxygen atoms in total. The SMILES string of the molecule is C[C@@H]1C[C@H](C)CN(C(=O)c2ccc(Cl)cc2N)C1. The maximum atomic E-state index is 12.4. The molecule has 4 heteroatoms. The number of hydrogen-bond donors (Lipinski definition) is 1. The highest BCUT2D eigenvalue weighted by molar-refractivity contribution is 6.31. The van der Waals surface area contributed by atoms with E-state index >= 15 is 0 Å². The van der Waals surface area contributed by atoms with Gasteiger partial charge in [-0.1, -0.05) is 25.4 Å². The first-order valence-electron chi connectivity index (χ1n) is 6.31.